The van der Waals surface area contributed by atoms with Crippen LogP contribution in [0.15, 0.2) is 36.5 Å². The standard InChI is InChI=1S/C24H25F3N6O2S/c1-23(2)21(34)32(17-13-19(24(25,26)27)20(14-28)30-15-17)22(36)33(23)16-3-5-18(6-4-16)35-12-11-31-9-7-29-8-10-31/h3-6,13,15,29H,7-12H2,1-2H3. The molecule has 3 heterocycles. The van der Waals surface area contributed by atoms with Crippen molar-refractivity contribution < 1.29 is 22.7 Å². The quantitative estimate of drug-likeness (QED) is 0.584. The third-order valence-corrected chi connectivity index (χ3v) is 6.56. The van der Waals surface area contributed by atoms with Crippen LogP contribution in [0.1, 0.15) is 25.1 Å². The van der Waals surface area contributed by atoms with Crippen molar-refractivity contribution in [1.29, 1.82) is 5.26 Å². The van der Waals surface area contributed by atoms with Gasteiger partial charge < -0.3 is 15.0 Å². The Labute approximate surface area is 212 Å². The van der Waals surface area contributed by atoms with E-state index < -0.39 is 28.9 Å². The van der Waals surface area contributed by atoms with E-state index in [-0.39, 0.29) is 10.8 Å². The van der Waals surface area contributed by atoms with Gasteiger partial charge in [0.2, 0.25) is 0 Å². The van der Waals surface area contributed by atoms with Crippen LogP contribution in [0.5, 0.6) is 5.75 Å². The number of pyridine rings is 1. The van der Waals surface area contributed by atoms with Crippen molar-refractivity contribution in [2.75, 3.05) is 49.1 Å². The molecule has 0 spiro atoms. The molecule has 0 radical (unpaired) electrons. The maximum atomic E-state index is 13.5. The van der Waals surface area contributed by atoms with E-state index in [1.807, 2.05) is 0 Å². The Balaban J connectivity index is 1.53. The minimum absolute atomic E-state index is 0.0111. The average molecular weight is 519 g/mol. The van der Waals surface area contributed by atoms with Gasteiger partial charge >= 0.3 is 6.18 Å². The Morgan fingerprint density at radius 3 is 2.47 bits per heavy atom. The van der Waals surface area contributed by atoms with E-state index in [2.05, 4.69) is 15.2 Å². The summed E-state index contributed by atoms with van der Waals surface area (Å²) in [5.74, 6) is 0.148. The summed E-state index contributed by atoms with van der Waals surface area (Å²) in [7, 11) is 0. The maximum Gasteiger partial charge on any atom is 0.419 e. The number of ether oxygens (including phenoxy) is 1. The predicted octanol–water partition coefficient (Wildman–Crippen LogP) is 3.17. The summed E-state index contributed by atoms with van der Waals surface area (Å²) in [5.41, 5.74) is -2.73. The molecule has 4 rings (SSSR count). The van der Waals surface area contributed by atoms with Gasteiger partial charge in [-0.05, 0) is 56.4 Å². The summed E-state index contributed by atoms with van der Waals surface area (Å²) in [4.78, 5) is 21.8. The van der Waals surface area contributed by atoms with Crippen LogP contribution < -0.4 is 19.9 Å². The highest BCUT2D eigenvalue weighted by atomic mass is 32.1. The van der Waals surface area contributed by atoms with Crippen LogP contribution in [0.25, 0.3) is 0 Å². The van der Waals surface area contributed by atoms with Crippen molar-refractivity contribution in [3.05, 3.63) is 47.8 Å². The number of amides is 1. The smallest absolute Gasteiger partial charge is 0.419 e. The monoisotopic (exact) mass is 518 g/mol. The molecule has 2 aromatic rings. The summed E-state index contributed by atoms with van der Waals surface area (Å²) in [5, 5.41) is 12.3. The van der Waals surface area contributed by atoms with E-state index in [1.54, 1.807) is 43.0 Å². The first kappa shape index (κ1) is 25.8. The number of aromatic nitrogens is 1. The third kappa shape index (κ3) is 5.00. The second kappa shape index (κ2) is 10.0. The predicted molar refractivity (Wildman–Crippen MR) is 132 cm³/mol. The van der Waals surface area contributed by atoms with Crippen LogP contribution in [0.3, 0.4) is 0 Å². The molecule has 2 fully saturated rings. The Kier molecular flexibility index (Phi) is 7.17. The fourth-order valence-corrected chi connectivity index (χ4v) is 4.78. The van der Waals surface area contributed by atoms with Gasteiger partial charge in [0.25, 0.3) is 5.91 Å². The number of alkyl halides is 3. The molecule has 36 heavy (non-hydrogen) atoms. The first-order chi connectivity index (χ1) is 17.0. The topological polar surface area (TPSA) is 84.7 Å². The molecule has 2 saturated heterocycles. The second-order valence-electron chi connectivity index (χ2n) is 8.95. The summed E-state index contributed by atoms with van der Waals surface area (Å²) >= 11 is 5.54. The molecule has 0 bridgehead atoms. The van der Waals surface area contributed by atoms with E-state index in [0.29, 0.717) is 18.0 Å². The second-order valence-corrected chi connectivity index (χ2v) is 9.32. The number of carbonyl (C=O) groups excluding carboxylic acids is 1. The number of piperazine rings is 1. The number of nitrogens with one attached hydrogen (secondary N) is 1. The Hall–Kier alpha value is -3.27. The molecule has 190 valence electrons. The molecule has 1 N–H and O–H groups in total. The van der Waals surface area contributed by atoms with Gasteiger partial charge in [0.15, 0.2) is 10.8 Å². The summed E-state index contributed by atoms with van der Waals surface area (Å²) in [6.45, 7) is 8.52. The minimum Gasteiger partial charge on any atom is -0.492 e. The molecular weight excluding hydrogens is 493 g/mol. The van der Waals surface area contributed by atoms with E-state index >= 15 is 0 Å². The molecule has 1 aromatic carbocycles. The van der Waals surface area contributed by atoms with E-state index in [0.717, 1.165) is 49.9 Å². The number of nitriles is 1. The van der Waals surface area contributed by atoms with Gasteiger partial charge in [0, 0.05) is 38.4 Å². The number of thiocarbonyl (C=S) groups is 1. The molecule has 0 aliphatic carbocycles. The lowest BCUT2D eigenvalue weighted by atomic mass is 10.0. The molecule has 0 unspecified atom stereocenters. The molecule has 0 saturated carbocycles. The minimum atomic E-state index is -4.81. The molecule has 1 amide bonds. The van der Waals surface area contributed by atoms with Gasteiger partial charge in [-0.2, -0.15) is 18.4 Å². The molecule has 12 heteroatoms. The lowest BCUT2D eigenvalue weighted by Gasteiger charge is -2.29. The molecule has 2 aliphatic heterocycles. The summed E-state index contributed by atoms with van der Waals surface area (Å²) < 4.78 is 46.3. The SMILES string of the molecule is CC1(C)C(=O)N(c2cnc(C#N)c(C(F)(F)F)c2)C(=S)N1c1ccc(OCCN2CCNCC2)cc1. The van der Waals surface area contributed by atoms with Crippen molar-refractivity contribution in [3.8, 4) is 11.8 Å². The van der Waals surface area contributed by atoms with Crippen molar-refractivity contribution in [2.24, 2.45) is 0 Å². The van der Waals surface area contributed by atoms with Gasteiger partial charge in [0.05, 0.1) is 17.4 Å². The fraction of sp³-hybridized carbons (Fsp3) is 0.417. The van der Waals surface area contributed by atoms with Crippen LogP contribution in [0.4, 0.5) is 24.5 Å². The van der Waals surface area contributed by atoms with Crippen LogP contribution in [0.2, 0.25) is 0 Å². The van der Waals surface area contributed by atoms with Crippen molar-refractivity contribution in [1.82, 2.24) is 15.2 Å². The number of hydrogen-bond acceptors (Lipinski definition) is 7. The zero-order chi connectivity index (χ0) is 26.1. The molecule has 8 nitrogen and oxygen atoms in total. The maximum absolute atomic E-state index is 13.5. The molecule has 2 aliphatic rings. The Morgan fingerprint density at radius 2 is 1.86 bits per heavy atom. The van der Waals surface area contributed by atoms with E-state index in [4.69, 9.17) is 22.2 Å². The van der Waals surface area contributed by atoms with Gasteiger partial charge in [-0.25, -0.2) is 4.98 Å². The number of nitrogens with zero attached hydrogens (tertiary/aromatic N) is 5. The molecule has 1 aromatic heterocycles. The van der Waals surface area contributed by atoms with Crippen LogP contribution in [-0.2, 0) is 11.0 Å². The highest BCUT2D eigenvalue weighted by Gasteiger charge is 2.50. The van der Waals surface area contributed by atoms with Gasteiger partial charge in [0.1, 0.15) is 24.0 Å². The zero-order valence-corrected chi connectivity index (χ0v) is 20.6. The number of benzene rings is 1. The normalized spacial score (nSPS) is 18.4. The number of carbonyl (C=O) groups is 1. The van der Waals surface area contributed by atoms with Crippen LogP contribution >= 0.6 is 12.2 Å². The average Bonchev–Trinajstić information content (AvgIpc) is 3.02. The molecule has 0 atom stereocenters. The Morgan fingerprint density at radius 1 is 1.19 bits per heavy atom. The Bertz CT molecular complexity index is 1190. The van der Waals surface area contributed by atoms with Crippen molar-refractivity contribution in [3.63, 3.8) is 0 Å². The molecular formula is C24H25F3N6O2S. The van der Waals surface area contributed by atoms with Gasteiger partial charge in [-0.15, -0.1) is 0 Å². The third-order valence-electron chi connectivity index (χ3n) is 6.19. The highest BCUT2D eigenvalue weighted by Crippen LogP contribution is 2.39. The number of rotatable bonds is 6. The highest BCUT2D eigenvalue weighted by molar-refractivity contribution is 7.81. The lowest BCUT2D eigenvalue weighted by molar-refractivity contribution is -0.138. The van der Waals surface area contributed by atoms with E-state index in [1.165, 1.54) is 6.07 Å². The zero-order valence-electron chi connectivity index (χ0n) is 19.8. The van der Waals surface area contributed by atoms with Crippen LogP contribution in [0, 0.1) is 11.3 Å². The van der Waals surface area contributed by atoms with Gasteiger partial charge in [-0.1, -0.05) is 0 Å². The first-order valence-corrected chi connectivity index (χ1v) is 11.8. The fourth-order valence-electron chi connectivity index (χ4n) is 4.26. The first-order valence-electron chi connectivity index (χ1n) is 11.4. The number of anilines is 2. The number of hydrogen-bond donors (Lipinski definition) is 1. The summed E-state index contributed by atoms with van der Waals surface area (Å²) in [6.07, 6.45) is -3.76. The van der Waals surface area contributed by atoms with Gasteiger partial charge in [-0.3, -0.25) is 14.6 Å². The summed E-state index contributed by atoms with van der Waals surface area (Å²) in [6, 6.07) is 9.21. The largest absolute Gasteiger partial charge is 0.492 e. The van der Waals surface area contributed by atoms with Crippen LogP contribution in [-0.4, -0.2) is 65.8 Å². The van der Waals surface area contributed by atoms with E-state index in [9.17, 15) is 18.0 Å². The number of halogens is 3. The van der Waals surface area contributed by atoms with Crippen molar-refractivity contribution >= 4 is 34.6 Å². The lowest BCUT2D eigenvalue weighted by Crippen LogP contribution is -2.44. The van der Waals surface area contributed by atoms with Crippen molar-refractivity contribution in [2.45, 2.75) is 25.6 Å².